The first kappa shape index (κ1) is 25.8. The first-order valence-electron chi connectivity index (χ1n) is 10.8. The number of hydrogen-bond donors (Lipinski definition) is 4. The maximum Gasteiger partial charge on any atom is 0.416 e. The minimum Gasteiger partial charge on any atom is -0.439 e. The van der Waals surface area contributed by atoms with Gasteiger partial charge in [0.1, 0.15) is 11.6 Å². The third kappa shape index (κ3) is 7.33. The zero-order chi connectivity index (χ0) is 26.4. The fraction of sp³-hybridized carbons (Fsp3) is 0.174. The number of nitrogens with zero attached hydrogens (tertiary/aromatic N) is 4. The van der Waals surface area contributed by atoms with E-state index in [1.807, 2.05) is 0 Å². The Morgan fingerprint density at radius 3 is 2.62 bits per heavy atom. The van der Waals surface area contributed by atoms with E-state index in [0.29, 0.717) is 34.6 Å². The summed E-state index contributed by atoms with van der Waals surface area (Å²) in [7, 11) is 0. The summed E-state index contributed by atoms with van der Waals surface area (Å²) in [6.07, 6.45) is -4.45. The van der Waals surface area contributed by atoms with E-state index in [0.717, 1.165) is 12.1 Å². The number of halogens is 3. The van der Waals surface area contributed by atoms with E-state index in [-0.39, 0.29) is 29.2 Å². The van der Waals surface area contributed by atoms with Crippen LogP contribution in [0, 0.1) is 0 Å². The Bertz CT molecular complexity index is 1380. The number of H-pyrrole nitrogens is 1. The molecular weight excluding hydrogens is 509 g/mol. The molecule has 4 rings (SSSR count). The van der Waals surface area contributed by atoms with Gasteiger partial charge in [0.2, 0.25) is 17.7 Å². The highest BCUT2D eigenvalue weighted by Crippen LogP contribution is 2.31. The average Bonchev–Trinajstić information content (AvgIpc) is 3.30. The number of aromatic amines is 1. The zero-order valence-corrected chi connectivity index (χ0v) is 20.2. The van der Waals surface area contributed by atoms with E-state index in [1.165, 1.54) is 36.9 Å². The molecule has 0 bridgehead atoms. The molecule has 2 heterocycles. The van der Waals surface area contributed by atoms with Crippen molar-refractivity contribution in [2.75, 3.05) is 23.3 Å². The van der Waals surface area contributed by atoms with Crippen molar-refractivity contribution in [2.45, 2.75) is 18.3 Å². The van der Waals surface area contributed by atoms with Crippen molar-refractivity contribution in [3.8, 4) is 23.0 Å². The van der Waals surface area contributed by atoms with Crippen molar-refractivity contribution >= 4 is 35.1 Å². The van der Waals surface area contributed by atoms with Crippen molar-refractivity contribution in [2.24, 2.45) is 0 Å². The molecule has 0 aliphatic heterocycles. The first-order chi connectivity index (χ1) is 17.7. The summed E-state index contributed by atoms with van der Waals surface area (Å²) in [5, 5.41) is 12.6. The average molecular weight is 531 g/mol. The molecule has 0 atom stereocenters. The molecule has 0 spiro atoms. The number of carbonyl (C=O) groups excluding carboxylic acids is 1. The van der Waals surface area contributed by atoms with Crippen molar-refractivity contribution in [3.63, 3.8) is 0 Å². The number of alkyl halides is 3. The highest BCUT2D eigenvalue weighted by molar-refractivity contribution is 7.99. The summed E-state index contributed by atoms with van der Waals surface area (Å²) in [5.41, 5.74) is 5.97. The van der Waals surface area contributed by atoms with Crippen molar-refractivity contribution in [1.82, 2.24) is 30.5 Å². The number of amides is 1. The van der Waals surface area contributed by atoms with Crippen LogP contribution in [0.1, 0.15) is 12.5 Å². The van der Waals surface area contributed by atoms with E-state index in [1.54, 1.807) is 24.3 Å². The smallest absolute Gasteiger partial charge is 0.416 e. The van der Waals surface area contributed by atoms with Crippen molar-refractivity contribution in [1.29, 1.82) is 0 Å². The highest BCUT2D eigenvalue weighted by atomic mass is 32.2. The van der Waals surface area contributed by atoms with Gasteiger partial charge in [-0.25, -0.2) is 4.98 Å². The molecule has 2 aromatic carbocycles. The number of rotatable bonds is 9. The Labute approximate surface area is 213 Å². The second-order valence-electron chi connectivity index (χ2n) is 7.58. The van der Waals surface area contributed by atoms with Crippen LogP contribution in [0.15, 0.2) is 59.8 Å². The Hall–Kier alpha value is -4.33. The van der Waals surface area contributed by atoms with Gasteiger partial charge in [0.15, 0.2) is 11.0 Å². The van der Waals surface area contributed by atoms with Gasteiger partial charge in [-0.05, 0) is 42.5 Å². The third-order valence-electron chi connectivity index (χ3n) is 4.69. The summed E-state index contributed by atoms with van der Waals surface area (Å²) in [4.78, 5) is 23.7. The lowest BCUT2D eigenvalue weighted by molar-refractivity contribution is -0.137. The van der Waals surface area contributed by atoms with Crippen LogP contribution in [0.3, 0.4) is 0 Å². The standard InChI is InChI=1S/C23H21F3N8O2S/c1-13(35)28-9-10-37-22-30-18(27)12-19(31-22)36-17-7-5-14(6-8-17)20-32-21(34-33-20)29-16-4-2-3-15(11-16)23(24,25)26/h2-8,11-12H,9-10H2,1H3,(H,28,35)(H2,27,30,31)(H2,29,32,33,34). The number of hydrogen-bond acceptors (Lipinski definition) is 9. The lowest BCUT2D eigenvalue weighted by Crippen LogP contribution is -2.22. The maximum atomic E-state index is 12.9. The number of carbonyl (C=O) groups is 1. The second-order valence-corrected chi connectivity index (χ2v) is 8.64. The van der Waals surface area contributed by atoms with E-state index in [4.69, 9.17) is 10.5 Å². The summed E-state index contributed by atoms with van der Waals surface area (Å²) in [6.45, 7) is 1.91. The number of nitrogen functional groups attached to an aromatic ring is 1. The maximum absolute atomic E-state index is 12.9. The molecule has 1 amide bonds. The SMILES string of the molecule is CC(=O)NCCSc1nc(N)cc(Oc2ccc(-c3nc(Nc4cccc(C(F)(F)F)c4)n[nH]3)cc2)n1. The van der Waals surface area contributed by atoms with Gasteiger partial charge < -0.3 is 21.1 Å². The Kier molecular flexibility index (Phi) is 7.77. The van der Waals surface area contributed by atoms with Crippen molar-refractivity contribution in [3.05, 3.63) is 60.2 Å². The minimum atomic E-state index is -4.45. The summed E-state index contributed by atoms with van der Waals surface area (Å²) >= 11 is 1.33. The second kappa shape index (κ2) is 11.2. The van der Waals surface area contributed by atoms with Crippen LogP contribution in [-0.2, 0) is 11.0 Å². The van der Waals surface area contributed by atoms with E-state index >= 15 is 0 Å². The zero-order valence-electron chi connectivity index (χ0n) is 19.3. The molecule has 10 nitrogen and oxygen atoms in total. The fourth-order valence-corrected chi connectivity index (χ4v) is 3.77. The predicted octanol–water partition coefficient (Wildman–Crippen LogP) is 4.63. The normalized spacial score (nSPS) is 11.2. The van der Waals surface area contributed by atoms with Gasteiger partial charge in [0.25, 0.3) is 0 Å². The Balaban J connectivity index is 1.39. The van der Waals surface area contributed by atoms with Crippen LogP contribution in [0.4, 0.5) is 30.6 Å². The lowest BCUT2D eigenvalue weighted by Gasteiger charge is -2.08. The van der Waals surface area contributed by atoms with Gasteiger partial charge in [0.05, 0.1) is 5.56 Å². The van der Waals surface area contributed by atoms with Crippen LogP contribution in [0.5, 0.6) is 11.6 Å². The van der Waals surface area contributed by atoms with E-state index < -0.39 is 11.7 Å². The predicted molar refractivity (Wildman–Crippen MR) is 132 cm³/mol. The molecule has 2 aromatic heterocycles. The number of benzene rings is 2. The molecule has 4 aromatic rings. The molecule has 192 valence electrons. The quantitative estimate of drug-likeness (QED) is 0.138. The van der Waals surface area contributed by atoms with Gasteiger partial charge in [-0.3, -0.25) is 9.89 Å². The molecule has 0 saturated heterocycles. The number of nitrogens with two attached hydrogens (primary N) is 1. The molecule has 0 unspecified atom stereocenters. The minimum absolute atomic E-state index is 0.116. The molecule has 0 saturated carbocycles. The third-order valence-corrected chi connectivity index (χ3v) is 5.54. The molecule has 5 N–H and O–H groups in total. The monoisotopic (exact) mass is 530 g/mol. The molecule has 0 aliphatic rings. The van der Waals surface area contributed by atoms with Crippen LogP contribution >= 0.6 is 11.8 Å². The summed E-state index contributed by atoms with van der Waals surface area (Å²) in [6, 6.07) is 13.1. The molecule has 37 heavy (non-hydrogen) atoms. The number of thioether (sulfide) groups is 1. The molecule has 0 fully saturated rings. The molecule has 14 heteroatoms. The first-order valence-corrected chi connectivity index (χ1v) is 11.8. The number of ether oxygens (including phenoxy) is 1. The topological polar surface area (TPSA) is 144 Å². The fourth-order valence-electron chi connectivity index (χ4n) is 3.06. The number of nitrogens with one attached hydrogen (secondary N) is 3. The van der Waals surface area contributed by atoms with E-state index in [2.05, 4.69) is 35.8 Å². The van der Waals surface area contributed by atoms with Gasteiger partial charge in [0, 0.05) is 36.5 Å². The molecular formula is C23H21F3N8O2S. The van der Waals surface area contributed by atoms with Crippen LogP contribution < -0.4 is 21.1 Å². The summed E-state index contributed by atoms with van der Waals surface area (Å²) in [5.74, 6) is 1.97. The Morgan fingerprint density at radius 1 is 1.11 bits per heavy atom. The summed E-state index contributed by atoms with van der Waals surface area (Å²) < 4.78 is 44.6. The van der Waals surface area contributed by atoms with E-state index in [9.17, 15) is 18.0 Å². The molecule has 0 aliphatic carbocycles. The Morgan fingerprint density at radius 2 is 1.89 bits per heavy atom. The molecule has 0 radical (unpaired) electrons. The van der Waals surface area contributed by atoms with Crippen molar-refractivity contribution < 1.29 is 22.7 Å². The van der Waals surface area contributed by atoms with Crippen LogP contribution in [0.2, 0.25) is 0 Å². The number of aromatic nitrogens is 5. The van der Waals surface area contributed by atoms with Crippen LogP contribution in [0.25, 0.3) is 11.4 Å². The lowest BCUT2D eigenvalue weighted by atomic mass is 10.2. The van der Waals surface area contributed by atoms with Gasteiger partial charge in [-0.15, -0.1) is 5.10 Å². The highest BCUT2D eigenvalue weighted by Gasteiger charge is 2.30. The number of anilines is 3. The van der Waals surface area contributed by atoms with Crippen LogP contribution in [-0.4, -0.2) is 43.4 Å². The largest absolute Gasteiger partial charge is 0.439 e. The van der Waals surface area contributed by atoms with Gasteiger partial charge in [-0.1, -0.05) is 17.8 Å². The van der Waals surface area contributed by atoms with Gasteiger partial charge >= 0.3 is 6.18 Å². The van der Waals surface area contributed by atoms with Gasteiger partial charge in [-0.2, -0.15) is 23.1 Å².